The van der Waals surface area contributed by atoms with E-state index in [4.69, 9.17) is 11.6 Å². The van der Waals surface area contributed by atoms with Crippen LogP contribution in [-0.2, 0) is 10.0 Å². The fourth-order valence-electron chi connectivity index (χ4n) is 3.86. The highest BCUT2D eigenvalue weighted by Gasteiger charge is 2.28. The van der Waals surface area contributed by atoms with E-state index < -0.39 is 48.6 Å². The van der Waals surface area contributed by atoms with E-state index in [1.807, 2.05) is 9.62 Å². The van der Waals surface area contributed by atoms with Crippen molar-refractivity contribution in [1.29, 1.82) is 0 Å². The highest BCUT2D eigenvalue weighted by atomic mass is 35.5. The summed E-state index contributed by atoms with van der Waals surface area (Å²) in [6.45, 7) is 0.613. The Labute approximate surface area is 231 Å². The molecule has 0 saturated carbocycles. The lowest BCUT2D eigenvalue weighted by molar-refractivity contribution is 0.479. The Kier molecular flexibility index (Phi) is 7.47. The van der Waals surface area contributed by atoms with Crippen LogP contribution in [0.25, 0.3) is 21.8 Å². The molecular formula is C23H19ClF3N5O4S3. The minimum atomic E-state index is -4.69. The van der Waals surface area contributed by atoms with Gasteiger partial charge in [-0.1, -0.05) is 17.4 Å². The normalized spacial score (nSPS) is 16.2. The van der Waals surface area contributed by atoms with Gasteiger partial charge in [0.05, 0.1) is 33.5 Å². The Bertz CT molecular complexity index is 1660. The first kappa shape index (κ1) is 27.6. The quantitative estimate of drug-likeness (QED) is 0.235. The number of anilines is 2. The van der Waals surface area contributed by atoms with Crippen molar-refractivity contribution in [1.82, 2.24) is 15.0 Å². The van der Waals surface area contributed by atoms with E-state index in [2.05, 4.69) is 15.0 Å². The molecule has 1 aliphatic heterocycles. The third kappa shape index (κ3) is 5.83. The Balaban J connectivity index is 1.58. The van der Waals surface area contributed by atoms with Gasteiger partial charge in [0, 0.05) is 24.8 Å². The van der Waals surface area contributed by atoms with Gasteiger partial charge in [-0.2, -0.15) is 10.6 Å². The molecule has 1 aliphatic rings. The van der Waals surface area contributed by atoms with Gasteiger partial charge in [-0.05, 0) is 48.0 Å². The van der Waals surface area contributed by atoms with Crippen molar-refractivity contribution in [3.05, 3.63) is 71.4 Å². The molecule has 0 unspecified atom stereocenters. The molecule has 5 rings (SSSR count). The second-order valence-electron chi connectivity index (χ2n) is 8.43. The van der Waals surface area contributed by atoms with E-state index in [-0.39, 0.29) is 28.0 Å². The second kappa shape index (κ2) is 10.6. The topological polar surface area (TPSA) is 129 Å². The van der Waals surface area contributed by atoms with Crippen molar-refractivity contribution in [2.75, 3.05) is 34.2 Å². The second-order valence-corrected chi connectivity index (χ2v) is 13.8. The summed E-state index contributed by atoms with van der Waals surface area (Å²) >= 11 is 7.15. The molecule has 0 spiro atoms. The summed E-state index contributed by atoms with van der Waals surface area (Å²) in [7, 11) is -7.37. The number of sulfonamides is 1. The summed E-state index contributed by atoms with van der Waals surface area (Å²) in [5.74, 6) is -2.89. The monoisotopic (exact) mass is 617 g/mol. The first-order chi connectivity index (χ1) is 18.4. The van der Waals surface area contributed by atoms with Gasteiger partial charge >= 0.3 is 0 Å². The number of nitrogens with zero attached hydrogens (tertiary/aromatic N) is 4. The predicted molar refractivity (Wildman–Crippen MR) is 146 cm³/mol. The lowest BCUT2D eigenvalue weighted by Gasteiger charge is -2.40. The Morgan fingerprint density at radius 1 is 1.05 bits per heavy atom. The molecule has 9 nitrogen and oxygen atoms in total. The number of benzene rings is 2. The Morgan fingerprint density at radius 3 is 2.51 bits per heavy atom. The third-order valence-electron chi connectivity index (χ3n) is 5.80. The van der Waals surface area contributed by atoms with Crippen molar-refractivity contribution < 1.29 is 30.7 Å². The maximum absolute atomic E-state index is 15.8. The van der Waals surface area contributed by atoms with Crippen LogP contribution >= 0.6 is 33.5 Å². The van der Waals surface area contributed by atoms with Gasteiger partial charge in [0.1, 0.15) is 16.5 Å². The minimum absolute atomic E-state index is 0.0561. The molecule has 206 valence electrons. The van der Waals surface area contributed by atoms with Crippen LogP contribution in [0.15, 0.2) is 53.6 Å². The summed E-state index contributed by atoms with van der Waals surface area (Å²) in [6, 6.07) is 7.37. The summed E-state index contributed by atoms with van der Waals surface area (Å²) < 4.78 is 91.1. The van der Waals surface area contributed by atoms with Crippen LogP contribution in [0.2, 0.25) is 5.28 Å². The minimum Gasteiger partial charge on any atom is -0.345 e. The number of thiazole rings is 1. The molecule has 39 heavy (non-hydrogen) atoms. The molecule has 0 radical (unpaired) electrons. The van der Waals surface area contributed by atoms with Crippen LogP contribution in [0.1, 0.15) is 0 Å². The average Bonchev–Trinajstić information content (AvgIpc) is 3.32. The van der Waals surface area contributed by atoms with Gasteiger partial charge in [0.2, 0.25) is 5.28 Å². The summed E-state index contributed by atoms with van der Waals surface area (Å²) in [5.41, 5.74) is -0.146. The van der Waals surface area contributed by atoms with Crippen LogP contribution in [0, 0.1) is 17.5 Å². The van der Waals surface area contributed by atoms with Crippen molar-refractivity contribution in [2.45, 2.75) is 4.90 Å². The number of rotatable bonds is 6. The fraction of sp³-hybridized carbons (Fsp3) is 0.174. The molecule has 2 aromatic heterocycles. The third-order valence-corrected chi connectivity index (χ3v) is 10.2. The van der Waals surface area contributed by atoms with E-state index in [1.165, 1.54) is 29.7 Å². The number of halogens is 4. The maximum atomic E-state index is 15.8. The summed E-state index contributed by atoms with van der Waals surface area (Å²) in [4.78, 5) is 13.9. The molecule has 3 N–H and O–H groups in total. The van der Waals surface area contributed by atoms with Gasteiger partial charge in [-0.3, -0.25) is 13.8 Å². The number of hydrogen-bond acceptors (Lipinski definition) is 9. The highest BCUT2D eigenvalue weighted by Crippen LogP contribution is 2.45. The average molecular weight is 618 g/mol. The molecule has 16 heteroatoms. The van der Waals surface area contributed by atoms with Gasteiger partial charge < -0.3 is 4.90 Å². The zero-order chi connectivity index (χ0) is 27.9. The SMILES string of the molecule is O=S(=O)(Nc1cccc(-c2nc(N3CCS(O)(O)CC3)sc2-c2ccnc(Cl)n2)c1F)c1cc(F)ccc1F. The van der Waals surface area contributed by atoms with Gasteiger partial charge in [0.15, 0.2) is 10.9 Å². The van der Waals surface area contributed by atoms with Crippen molar-refractivity contribution in [2.24, 2.45) is 0 Å². The van der Waals surface area contributed by atoms with Crippen molar-refractivity contribution in [3.63, 3.8) is 0 Å². The van der Waals surface area contributed by atoms with Crippen LogP contribution in [0.5, 0.6) is 0 Å². The first-order valence-electron chi connectivity index (χ1n) is 11.2. The zero-order valence-electron chi connectivity index (χ0n) is 19.7. The van der Waals surface area contributed by atoms with Crippen LogP contribution in [0.4, 0.5) is 24.0 Å². The number of nitrogens with one attached hydrogen (secondary N) is 1. The smallest absolute Gasteiger partial charge is 0.265 e. The predicted octanol–water partition coefficient (Wildman–Crippen LogP) is 5.71. The first-order valence-corrected chi connectivity index (χ1v) is 15.7. The molecule has 0 atom stereocenters. The van der Waals surface area contributed by atoms with Crippen molar-refractivity contribution in [3.8, 4) is 21.8 Å². The summed E-state index contributed by atoms with van der Waals surface area (Å²) in [5, 5.41) is 0.399. The molecule has 3 heterocycles. The van der Waals surface area contributed by atoms with Crippen LogP contribution in [0.3, 0.4) is 0 Å². The molecule has 1 saturated heterocycles. The maximum Gasteiger partial charge on any atom is 0.265 e. The van der Waals surface area contributed by atoms with E-state index >= 15 is 4.39 Å². The van der Waals surface area contributed by atoms with Gasteiger partial charge in [-0.15, -0.1) is 0 Å². The van der Waals surface area contributed by atoms with E-state index in [9.17, 15) is 26.3 Å². The number of hydrogen-bond donors (Lipinski definition) is 3. The summed E-state index contributed by atoms with van der Waals surface area (Å²) in [6.07, 6.45) is 1.42. The highest BCUT2D eigenvalue weighted by molar-refractivity contribution is 8.24. The van der Waals surface area contributed by atoms with Gasteiger partial charge in [0.25, 0.3) is 10.0 Å². The Morgan fingerprint density at radius 2 is 1.79 bits per heavy atom. The van der Waals surface area contributed by atoms with Crippen LogP contribution in [-0.4, -0.2) is 57.1 Å². The fourth-order valence-corrected chi connectivity index (χ4v) is 7.48. The molecule has 4 aromatic rings. The standard InChI is InChI=1S/C23H19ClF3N5O4S3/c24-22-28-7-6-17(29-22)21-20(30-23(37-21)32-8-10-38(33,34)11-9-32)14-2-1-3-16(19(14)27)31-39(35,36)18-12-13(25)4-5-15(18)26/h1-7,12,31,33-34H,8-11H2. The van der Waals surface area contributed by atoms with Gasteiger partial charge in [-0.25, -0.2) is 36.5 Å². The lowest BCUT2D eigenvalue weighted by Crippen LogP contribution is -2.38. The molecule has 2 aromatic carbocycles. The Hall–Kier alpha value is -2.95. The molecule has 1 fully saturated rings. The van der Waals surface area contributed by atoms with Crippen molar-refractivity contribution >= 4 is 54.4 Å². The molecule has 0 aliphatic carbocycles. The van der Waals surface area contributed by atoms with E-state index in [1.54, 1.807) is 6.07 Å². The van der Waals surface area contributed by atoms with E-state index in [0.29, 0.717) is 40.9 Å². The largest absolute Gasteiger partial charge is 0.345 e. The zero-order valence-corrected chi connectivity index (χ0v) is 22.9. The lowest BCUT2D eigenvalue weighted by atomic mass is 10.1. The number of aromatic nitrogens is 3. The van der Waals surface area contributed by atoms with Crippen LogP contribution < -0.4 is 9.62 Å². The van der Waals surface area contributed by atoms with E-state index in [0.717, 1.165) is 12.1 Å². The molecule has 0 bridgehead atoms. The molecular weight excluding hydrogens is 599 g/mol. The molecule has 0 amide bonds.